The Hall–Kier alpha value is -4.54. The Morgan fingerprint density at radius 1 is 0.750 bits per heavy atom. The predicted molar refractivity (Wildman–Crippen MR) is 184 cm³/mol. The molecule has 256 valence electrons. The summed E-state index contributed by atoms with van der Waals surface area (Å²) in [5.74, 6) is -2.03. The molecule has 1 aliphatic rings. The average molecular weight is 657 g/mol. The molecule has 0 bridgehead atoms. The lowest BCUT2D eigenvalue weighted by molar-refractivity contribution is -0.149. The molecule has 48 heavy (non-hydrogen) atoms. The molecule has 10 nitrogen and oxygen atoms in total. The van der Waals surface area contributed by atoms with E-state index < -0.39 is 35.9 Å². The number of carbonyl (C=O) groups excluding carboxylic acids is 4. The van der Waals surface area contributed by atoms with Crippen molar-refractivity contribution < 1.29 is 28.7 Å². The lowest BCUT2D eigenvalue weighted by atomic mass is 9.96. The quantitative estimate of drug-likeness (QED) is 0.190. The van der Waals surface area contributed by atoms with E-state index in [1.165, 1.54) is 0 Å². The van der Waals surface area contributed by atoms with Crippen molar-refractivity contribution in [2.75, 3.05) is 32.8 Å². The summed E-state index contributed by atoms with van der Waals surface area (Å²) in [6.07, 6.45) is 1.72. The van der Waals surface area contributed by atoms with Crippen LogP contribution in [0.5, 0.6) is 0 Å². The number of esters is 1. The van der Waals surface area contributed by atoms with Crippen molar-refractivity contribution in [3.63, 3.8) is 0 Å². The summed E-state index contributed by atoms with van der Waals surface area (Å²) in [6, 6.07) is 25.7. The number of aryl methyl sites for hydroxylation is 1. The highest BCUT2D eigenvalue weighted by Crippen LogP contribution is 2.13. The molecule has 10 heteroatoms. The molecule has 1 aliphatic heterocycles. The molecule has 3 aromatic carbocycles. The largest absolute Gasteiger partial charge is 0.459 e. The summed E-state index contributed by atoms with van der Waals surface area (Å²) in [5.41, 5.74) is 2.72. The van der Waals surface area contributed by atoms with Crippen LogP contribution in [-0.2, 0) is 48.1 Å². The molecule has 3 aromatic rings. The number of ether oxygens (including phenoxy) is 2. The Bertz CT molecular complexity index is 1430. The van der Waals surface area contributed by atoms with E-state index in [-0.39, 0.29) is 31.4 Å². The molecule has 0 spiro atoms. The third-order valence-electron chi connectivity index (χ3n) is 8.59. The predicted octanol–water partition coefficient (Wildman–Crippen LogP) is 3.44. The third-order valence-corrected chi connectivity index (χ3v) is 8.59. The molecule has 4 atom stereocenters. The second-order valence-corrected chi connectivity index (χ2v) is 12.2. The zero-order valence-electron chi connectivity index (χ0n) is 27.9. The summed E-state index contributed by atoms with van der Waals surface area (Å²) in [7, 11) is 0. The van der Waals surface area contributed by atoms with Crippen LogP contribution in [0.2, 0.25) is 0 Å². The molecule has 3 N–H and O–H groups in total. The van der Waals surface area contributed by atoms with Crippen LogP contribution in [0.3, 0.4) is 0 Å². The maximum Gasteiger partial charge on any atom is 0.329 e. The summed E-state index contributed by atoms with van der Waals surface area (Å²) >= 11 is 0. The Labute approximate surface area is 283 Å². The van der Waals surface area contributed by atoms with Crippen LogP contribution in [0.25, 0.3) is 0 Å². The van der Waals surface area contributed by atoms with Crippen LogP contribution < -0.4 is 16.0 Å². The number of carbonyl (C=O) groups is 4. The van der Waals surface area contributed by atoms with Crippen LogP contribution in [0.1, 0.15) is 43.4 Å². The van der Waals surface area contributed by atoms with Gasteiger partial charge in [-0.15, -0.1) is 0 Å². The van der Waals surface area contributed by atoms with Gasteiger partial charge in [-0.3, -0.25) is 19.3 Å². The Balaban J connectivity index is 1.47. The number of amides is 3. The molecule has 0 saturated carbocycles. The van der Waals surface area contributed by atoms with Crippen molar-refractivity contribution >= 4 is 23.7 Å². The number of rotatable bonds is 17. The molecular weight excluding hydrogens is 608 g/mol. The molecule has 3 amide bonds. The maximum atomic E-state index is 13.9. The van der Waals surface area contributed by atoms with E-state index in [1.54, 1.807) is 0 Å². The van der Waals surface area contributed by atoms with E-state index in [0.29, 0.717) is 45.6 Å². The lowest BCUT2D eigenvalue weighted by Crippen LogP contribution is -2.58. The van der Waals surface area contributed by atoms with Gasteiger partial charge >= 0.3 is 5.97 Å². The lowest BCUT2D eigenvalue weighted by Gasteiger charge is -2.29. The highest BCUT2D eigenvalue weighted by molar-refractivity contribution is 5.94. The van der Waals surface area contributed by atoms with E-state index in [4.69, 9.17) is 9.47 Å². The minimum absolute atomic E-state index is 0.0691. The molecule has 0 aliphatic carbocycles. The maximum absolute atomic E-state index is 13.9. The number of hydrogen-bond acceptors (Lipinski definition) is 7. The fourth-order valence-electron chi connectivity index (χ4n) is 5.52. The van der Waals surface area contributed by atoms with Gasteiger partial charge in [-0.25, -0.2) is 4.79 Å². The Morgan fingerprint density at radius 2 is 1.33 bits per heavy atom. The molecule has 2 unspecified atom stereocenters. The first-order chi connectivity index (χ1) is 23.3. The number of nitrogens with one attached hydrogen (secondary N) is 3. The molecule has 1 fully saturated rings. The first kappa shape index (κ1) is 36.3. The summed E-state index contributed by atoms with van der Waals surface area (Å²) in [5, 5.41) is 8.73. The molecule has 1 saturated heterocycles. The number of morpholine rings is 1. The zero-order valence-corrected chi connectivity index (χ0v) is 27.9. The van der Waals surface area contributed by atoms with Crippen LogP contribution in [0.4, 0.5) is 0 Å². The molecule has 1 heterocycles. The Morgan fingerprint density at radius 3 is 1.94 bits per heavy atom. The topological polar surface area (TPSA) is 126 Å². The van der Waals surface area contributed by atoms with E-state index in [1.807, 2.05) is 110 Å². The molecular formula is C38H48N4O6. The summed E-state index contributed by atoms with van der Waals surface area (Å²) in [6.45, 7) is 6.43. The van der Waals surface area contributed by atoms with Gasteiger partial charge in [0.05, 0.1) is 19.8 Å². The normalized spacial score (nSPS) is 15.7. The van der Waals surface area contributed by atoms with E-state index in [2.05, 4.69) is 16.0 Å². The van der Waals surface area contributed by atoms with Crippen LogP contribution in [0, 0.1) is 5.92 Å². The second-order valence-electron chi connectivity index (χ2n) is 12.2. The fourth-order valence-corrected chi connectivity index (χ4v) is 5.52. The van der Waals surface area contributed by atoms with Crippen LogP contribution >= 0.6 is 0 Å². The van der Waals surface area contributed by atoms with Crippen LogP contribution in [-0.4, -0.2) is 79.6 Å². The van der Waals surface area contributed by atoms with Gasteiger partial charge in [0.1, 0.15) is 24.7 Å². The SMILES string of the molecule is CCC(C)C(NC(=O)[C@H](CCc1ccccc1)NC(=O)CN1CCOCC1)C(=O)N[C@@H](Cc1ccccc1)C(=O)OCc1ccccc1. The van der Waals surface area contributed by atoms with E-state index >= 15 is 0 Å². The zero-order chi connectivity index (χ0) is 34.1. The van der Waals surface area contributed by atoms with Gasteiger partial charge in [-0.1, -0.05) is 111 Å². The van der Waals surface area contributed by atoms with E-state index in [0.717, 1.165) is 16.7 Å². The number of hydrogen-bond donors (Lipinski definition) is 3. The highest BCUT2D eigenvalue weighted by Gasteiger charge is 2.33. The molecule has 0 radical (unpaired) electrons. The minimum atomic E-state index is -0.978. The number of nitrogens with zero attached hydrogens (tertiary/aromatic N) is 1. The first-order valence-electron chi connectivity index (χ1n) is 16.8. The Kier molecular flexibility index (Phi) is 14.6. The van der Waals surface area contributed by atoms with Gasteiger partial charge in [0.25, 0.3) is 0 Å². The fraction of sp³-hybridized carbons (Fsp3) is 0.421. The van der Waals surface area contributed by atoms with E-state index in [9.17, 15) is 19.2 Å². The van der Waals surface area contributed by atoms with Gasteiger partial charge < -0.3 is 25.4 Å². The second kappa shape index (κ2) is 19.3. The van der Waals surface area contributed by atoms with Gasteiger partial charge in [0, 0.05) is 19.5 Å². The monoisotopic (exact) mass is 656 g/mol. The smallest absolute Gasteiger partial charge is 0.329 e. The van der Waals surface area contributed by atoms with Crippen molar-refractivity contribution in [2.24, 2.45) is 5.92 Å². The van der Waals surface area contributed by atoms with Gasteiger partial charge in [-0.05, 0) is 35.4 Å². The van der Waals surface area contributed by atoms with Gasteiger partial charge in [-0.2, -0.15) is 0 Å². The third kappa shape index (κ3) is 11.9. The van der Waals surface area contributed by atoms with Crippen molar-refractivity contribution in [2.45, 2.75) is 64.3 Å². The van der Waals surface area contributed by atoms with Crippen molar-refractivity contribution in [1.29, 1.82) is 0 Å². The van der Waals surface area contributed by atoms with Crippen LogP contribution in [0.15, 0.2) is 91.0 Å². The average Bonchev–Trinajstić information content (AvgIpc) is 3.12. The molecule has 0 aromatic heterocycles. The highest BCUT2D eigenvalue weighted by atomic mass is 16.5. The van der Waals surface area contributed by atoms with Crippen molar-refractivity contribution in [3.05, 3.63) is 108 Å². The van der Waals surface area contributed by atoms with Crippen molar-refractivity contribution in [3.8, 4) is 0 Å². The summed E-state index contributed by atoms with van der Waals surface area (Å²) < 4.78 is 11.0. The standard InChI is InChI=1S/C38H48N4O6/c1-3-28(2)35(37(45)40-33(25-30-15-9-5-10-16-30)38(46)48-27-31-17-11-6-12-18-31)41-36(44)32(20-19-29-13-7-4-8-14-29)39-34(43)26-42-21-23-47-24-22-42/h4-18,28,32-33,35H,3,19-27H2,1-2H3,(H,39,43)(H,40,45)(H,41,44)/t28?,32-,33-,35?/m0/s1. The van der Waals surface area contributed by atoms with Gasteiger partial charge in [0.2, 0.25) is 17.7 Å². The molecule has 4 rings (SSSR count). The van der Waals surface area contributed by atoms with Gasteiger partial charge in [0.15, 0.2) is 0 Å². The van der Waals surface area contributed by atoms with Crippen molar-refractivity contribution in [1.82, 2.24) is 20.9 Å². The first-order valence-corrected chi connectivity index (χ1v) is 16.8. The minimum Gasteiger partial charge on any atom is -0.459 e. The summed E-state index contributed by atoms with van der Waals surface area (Å²) in [4.78, 5) is 56.2. The number of benzene rings is 3.